The van der Waals surface area contributed by atoms with Gasteiger partial charge in [-0.2, -0.15) is 0 Å². The Morgan fingerprint density at radius 3 is 1.31 bits per heavy atom. The summed E-state index contributed by atoms with van der Waals surface area (Å²) in [6.45, 7) is 0.398. The van der Waals surface area contributed by atoms with Crippen LogP contribution in [0.3, 0.4) is 0 Å². The maximum absolute atomic E-state index is 13.0. The molecule has 0 aliphatic heterocycles. The molecule has 0 aliphatic carbocycles. The zero-order valence-corrected chi connectivity index (χ0v) is 18.9. The standard InChI is InChI=1S/C27H26N6O2/c28-20-1-7-23(8-2-20)31-16-17-13-18(26(34)32-24-9-3-21(29)4-10-24)15-19(14-17)27(35)33-25-11-5-22(30)6-12-25/h1-15,31H,16,28-30H2,(H,32,34)(H,33,35). The number of carbonyl (C=O) groups excluding carboxylic acids is 2. The second kappa shape index (κ2) is 10.3. The van der Waals surface area contributed by atoms with Crippen molar-refractivity contribution in [3.05, 3.63) is 108 Å². The lowest BCUT2D eigenvalue weighted by atomic mass is 10.0. The van der Waals surface area contributed by atoms with Crippen LogP contribution < -0.4 is 33.2 Å². The Hall–Kier alpha value is -4.98. The smallest absolute Gasteiger partial charge is 0.255 e. The monoisotopic (exact) mass is 466 g/mol. The fourth-order valence-corrected chi connectivity index (χ4v) is 3.40. The zero-order chi connectivity index (χ0) is 24.8. The highest BCUT2D eigenvalue weighted by Crippen LogP contribution is 2.19. The van der Waals surface area contributed by atoms with E-state index in [9.17, 15) is 9.59 Å². The molecule has 0 saturated heterocycles. The van der Waals surface area contributed by atoms with Crippen molar-refractivity contribution < 1.29 is 9.59 Å². The second-order valence-corrected chi connectivity index (χ2v) is 8.05. The van der Waals surface area contributed by atoms with E-state index in [1.165, 1.54) is 0 Å². The van der Waals surface area contributed by atoms with Crippen molar-refractivity contribution in [3.63, 3.8) is 0 Å². The Kier molecular flexibility index (Phi) is 6.83. The molecule has 8 heteroatoms. The van der Waals surface area contributed by atoms with Gasteiger partial charge in [0.25, 0.3) is 11.8 Å². The molecule has 0 atom stereocenters. The predicted molar refractivity (Wildman–Crippen MR) is 142 cm³/mol. The van der Waals surface area contributed by atoms with Crippen molar-refractivity contribution in [2.75, 3.05) is 33.2 Å². The molecule has 0 saturated carbocycles. The maximum atomic E-state index is 13.0. The van der Waals surface area contributed by atoms with Gasteiger partial charge in [0.15, 0.2) is 0 Å². The van der Waals surface area contributed by atoms with Crippen LogP contribution in [0.15, 0.2) is 91.0 Å². The Labute approximate surface area is 203 Å². The molecule has 4 rings (SSSR count). The van der Waals surface area contributed by atoms with Crippen LogP contribution in [0, 0.1) is 0 Å². The number of hydrogen-bond donors (Lipinski definition) is 6. The van der Waals surface area contributed by atoms with Gasteiger partial charge in [-0.05, 0) is 96.6 Å². The van der Waals surface area contributed by atoms with Crippen LogP contribution in [0.1, 0.15) is 26.3 Å². The van der Waals surface area contributed by atoms with Gasteiger partial charge in [-0.1, -0.05) is 0 Å². The lowest BCUT2D eigenvalue weighted by Gasteiger charge is -2.13. The molecule has 0 heterocycles. The average Bonchev–Trinajstić information content (AvgIpc) is 2.86. The van der Waals surface area contributed by atoms with E-state index in [1.807, 2.05) is 12.1 Å². The molecule has 8 nitrogen and oxygen atoms in total. The summed E-state index contributed by atoms with van der Waals surface area (Å²) in [5.74, 6) is -0.684. The lowest BCUT2D eigenvalue weighted by molar-refractivity contribution is 0.102. The Morgan fingerprint density at radius 2 is 0.914 bits per heavy atom. The highest BCUT2D eigenvalue weighted by atomic mass is 16.2. The molecule has 0 aromatic heterocycles. The first-order valence-corrected chi connectivity index (χ1v) is 10.9. The minimum atomic E-state index is -0.342. The first kappa shape index (κ1) is 23.2. The van der Waals surface area contributed by atoms with Crippen molar-refractivity contribution in [2.45, 2.75) is 6.54 Å². The first-order chi connectivity index (χ1) is 16.9. The fourth-order valence-electron chi connectivity index (χ4n) is 3.40. The molecule has 176 valence electrons. The summed E-state index contributed by atoms with van der Waals surface area (Å²) in [6.07, 6.45) is 0. The summed E-state index contributed by atoms with van der Waals surface area (Å²) >= 11 is 0. The van der Waals surface area contributed by atoms with E-state index in [2.05, 4.69) is 16.0 Å². The highest BCUT2D eigenvalue weighted by Gasteiger charge is 2.14. The van der Waals surface area contributed by atoms with E-state index in [4.69, 9.17) is 17.2 Å². The largest absolute Gasteiger partial charge is 0.399 e. The number of carbonyl (C=O) groups is 2. The summed E-state index contributed by atoms with van der Waals surface area (Å²) in [5.41, 5.74) is 22.6. The van der Waals surface area contributed by atoms with Gasteiger partial charge in [0.05, 0.1) is 0 Å². The summed E-state index contributed by atoms with van der Waals surface area (Å²) in [7, 11) is 0. The van der Waals surface area contributed by atoms with Crippen LogP contribution >= 0.6 is 0 Å². The van der Waals surface area contributed by atoms with Gasteiger partial charge in [-0.3, -0.25) is 9.59 Å². The van der Waals surface area contributed by atoms with E-state index in [0.717, 1.165) is 11.3 Å². The average molecular weight is 467 g/mol. The number of amides is 2. The second-order valence-electron chi connectivity index (χ2n) is 8.05. The third-order valence-electron chi connectivity index (χ3n) is 5.26. The first-order valence-electron chi connectivity index (χ1n) is 10.9. The van der Waals surface area contributed by atoms with Gasteiger partial charge in [-0.15, -0.1) is 0 Å². The number of nitrogens with one attached hydrogen (secondary N) is 3. The van der Waals surface area contributed by atoms with E-state index in [1.54, 1.807) is 78.9 Å². The molecule has 4 aromatic rings. The number of anilines is 6. The van der Waals surface area contributed by atoms with E-state index < -0.39 is 0 Å². The number of benzene rings is 4. The Balaban J connectivity index is 1.59. The number of rotatable bonds is 7. The third kappa shape index (κ3) is 6.29. The van der Waals surface area contributed by atoms with Crippen LogP contribution in [0.5, 0.6) is 0 Å². The summed E-state index contributed by atoms with van der Waals surface area (Å²) in [6, 6.07) is 26.0. The molecule has 0 aliphatic rings. The molecule has 0 radical (unpaired) electrons. The van der Waals surface area contributed by atoms with Crippen molar-refractivity contribution in [1.29, 1.82) is 0 Å². The molecule has 2 amide bonds. The summed E-state index contributed by atoms with van der Waals surface area (Å²) in [5, 5.41) is 8.97. The van der Waals surface area contributed by atoms with Crippen LogP contribution in [0.25, 0.3) is 0 Å². The third-order valence-corrected chi connectivity index (χ3v) is 5.26. The van der Waals surface area contributed by atoms with Crippen molar-refractivity contribution in [2.24, 2.45) is 0 Å². The van der Waals surface area contributed by atoms with E-state index in [-0.39, 0.29) is 11.8 Å². The minimum absolute atomic E-state index is 0.342. The maximum Gasteiger partial charge on any atom is 0.255 e. The van der Waals surface area contributed by atoms with Gasteiger partial charge >= 0.3 is 0 Å². The van der Waals surface area contributed by atoms with E-state index in [0.29, 0.717) is 46.1 Å². The number of hydrogen-bond acceptors (Lipinski definition) is 6. The van der Waals surface area contributed by atoms with Crippen LogP contribution in [0.2, 0.25) is 0 Å². The molecule has 0 bridgehead atoms. The highest BCUT2D eigenvalue weighted by molar-refractivity contribution is 6.09. The molecule has 4 aromatic carbocycles. The predicted octanol–water partition coefficient (Wildman–Crippen LogP) is 4.55. The van der Waals surface area contributed by atoms with Crippen molar-refractivity contribution in [3.8, 4) is 0 Å². The Morgan fingerprint density at radius 1 is 0.543 bits per heavy atom. The van der Waals surface area contributed by atoms with Gasteiger partial charge < -0.3 is 33.2 Å². The zero-order valence-electron chi connectivity index (χ0n) is 18.9. The number of nitrogen functional groups attached to an aromatic ring is 3. The van der Waals surface area contributed by atoms with Gasteiger partial charge in [0.1, 0.15) is 0 Å². The summed E-state index contributed by atoms with van der Waals surface area (Å²) < 4.78 is 0. The number of nitrogens with two attached hydrogens (primary N) is 3. The molecule has 0 fully saturated rings. The quantitative estimate of drug-likeness (QED) is 0.220. The lowest BCUT2D eigenvalue weighted by Crippen LogP contribution is -2.17. The van der Waals surface area contributed by atoms with Gasteiger partial charge in [0.2, 0.25) is 0 Å². The van der Waals surface area contributed by atoms with E-state index >= 15 is 0 Å². The van der Waals surface area contributed by atoms with Crippen LogP contribution in [-0.2, 0) is 6.54 Å². The SMILES string of the molecule is Nc1ccc(NCc2cc(C(=O)Nc3ccc(N)cc3)cc(C(=O)Nc3ccc(N)cc3)c2)cc1. The molecular formula is C27H26N6O2. The molecule has 35 heavy (non-hydrogen) atoms. The molecule has 9 N–H and O–H groups in total. The normalized spacial score (nSPS) is 10.4. The molecular weight excluding hydrogens is 440 g/mol. The van der Waals surface area contributed by atoms with Crippen molar-refractivity contribution in [1.82, 2.24) is 0 Å². The van der Waals surface area contributed by atoms with Crippen LogP contribution in [-0.4, -0.2) is 11.8 Å². The minimum Gasteiger partial charge on any atom is -0.399 e. The van der Waals surface area contributed by atoms with Crippen LogP contribution in [0.4, 0.5) is 34.1 Å². The fraction of sp³-hybridized carbons (Fsp3) is 0.0370. The van der Waals surface area contributed by atoms with Gasteiger partial charge in [0, 0.05) is 51.8 Å². The molecule has 0 spiro atoms. The summed E-state index contributed by atoms with van der Waals surface area (Å²) in [4.78, 5) is 26.0. The Bertz CT molecular complexity index is 1260. The molecule has 0 unspecified atom stereocenters. The van der Waals surface area contributed by atoms with Crippen molar-refractivity contribution >= 4 is 45.9 Å². The van der Waals surface area contributed by atoms with Gasteiger partial charge in [-0.25, -0.2) is 0 Å². The topological polar surface area (TPSA) is 148 Å².